The van der Waals surface area contributed by atoms with E-state index in [0.29, 0.717) is 32.1 Å². The van der Waals surface area contributed by atoms with Crippen molar-refractivity contribution in [2.75, 3.05) is 43.4 Å². The second-order valence-electron chi connectivity index (χ2n) is 14.4. The monoisotopic (exact) mass is 695 g/mol. The van der Waals surface area contributed by atoms with Crippen LogP contribution in [0.3, 0.4) is 0 Å². The summed E-state index contributed by atoms with van der Waals surface area (Å²) in [6.45, 7) is 6.51. The third-order valence-electron chi connectivity index (χ3n) is 11.4. The van der Waals surface area contributed by atoms with Gasteiger partial charge in [-0.05, 0) is 57.7 Å². The lowest BCUT2D eigenvalue weighted by Gasteiger charge is -2.42. The van der Waals surface area contributed by atoms with Crippen molar-refractivity contribution in [3.05, 3.63) is 28.8 Å². The highest BCUT2D eigenvalue weighted by Crippen LogP contribution is 2.69. The highest BCUT2D eigenvalue weighted by molar-refractivity contribution is 5.97. The van der Waals surface area contributed by atoms with Gasteiger partial charge in [-0.25, -0.2) is 22.5 Å². The van der Waals surface area contributed by atoms with Gasteiger partial charge in [0.15, 0.2) is 5.82 Å². The minimum absolute atomic E-state index is 0.0242. The molecule has 4 aliphatic heterocycles. The molecule has 0 bridgehead atoms. The average molecular weight is 696 g/mol. The summed E-state index contributed by atoms with van der Waals surface area (Å²) in [6.07, 6.45) is -3.39. The molecule has 2 aromatic heterocycles. The van der Waals surface area contributed by atoms with Gasteiger partial charge in [0, 0.05) is 37.7 Å². The van der Waals surface area contributed by atoms with Gasteiger partial charge in [-0.2, -0.15) is 23.1 Å². The summed E-state index contributed by atoms with van der Waals surface area (Å²) in [5.41, 5.74) is -0.780. The molecule has 49 heavy (non-hydrogen) atoms. The summed E-state index contributed by atoms with van der Waals surface area (Å²) < 4.78 is 116. The summed E-state index contributed by atoms with van der Waals surface area (Å²) in [5.74, 6) is -5.18. The fourth-order valence-corrected chi connectivity index (χ4v) is 8.69. The molecule has 9 nitrogen and oxygen atoms in total. The first-order valence-electron chi connectivity index (χ1n) is 16.6. The number of nitrogens with two attached hydrogens (primary N) is 1. The van der Waals surface area contributed by atoms with Crippen molar-refractivity contribution >= 4 is 22.4 Å². The topological polar surface area (TPSA) is 102 Å². The molecule has 1 aromatic carbocycles. The predicted octanol–water partition coefficient (Wildman–Crippen LogP) is 5.86. The Kier molecular flexibility index (Phi) is 7.09. The molecule has 1 saturated carbocycles. The normalized spacial score (nSPS) is 30.3. The van der Waals surface area contributed by atoms with Gasteiger partial charge in [0.2, 0.25) is 5.88 Å². The van der Waals surface area contributed by atoms with E-state index >= 15 is 4.39 Å². The molecule has 5 atom stereocenters. The number of hydrogen-bond acceptors (Lipinski definition) is 9. The van der Waals surface area contributed by atoms with Crippen molar-refractivity contribution in [2.24, 2.45) is 5.41 Å². The van der Waals surface area contributed by atoms with Crippen molar-refractivity contribution in [3.63, 3.8) is 0 Å². The van der Waals surface area contributed by atoms with Gasteiger partial charge in [0.1, 0.15) is 40.9 Å². The summed E-state index contributed by atoms with van der Waals surface area (Å²) in [7, 11) is 0. The molecule has 3 saturated heterocycles. The summed E-state index contributed by atoms with van der Waals surface area (Å²) in [6, 6.07) is 0.168. The van der Waals surface area contributed by atoms with E-state index in [1.165, 1.54) is 0 Å². The van der Waals surface area contributed by atoms with Gasteiger partial charge in [0.05, 0.1) is 28.2 Å². The van der Waals surface area contributed by atoms with Crippen molar-refractivity contribution in [1.82, 2.24) is 25.2 Å². The van der Waals surface area contributed by atoms with E-state index in [2.05, 4.69) is 15.3 Å². The van der Waals surface area contributed by atoms with E-state index in [0.717, 1.165) is 19.8 Å². The number of hydrogen-bond donors (Lipinski definition) is 2. The van der Waals surface area contributed by atoms with Crippen LogP contribution in [0.15, 0.2) is 6.07 Å². The largest absolute Gasteiger partial charge is 0.472 e. The van der Waals surface area contributed by atoms with E-state index in [4.69, 9.17) is 20.2 Å². The second-order valence-corrected chi connectivity index (χ2v) is 14.4. The lowest BCUT2D eigenvalue weighted by atomic mass is 9.89. The number of anilines is 2. The van der Waals surface area contributed by atoms with E-state index in [-0.39, 0.29) is 61.2 Å². The predicted molar refractivity (Wildman–Crippen MR) is 166 cm³/mol. The van der Waals surface area contributed by atoms with Crippen LogP contribution in [0.25, 0.3) is 22.2 Å². The zero-order chi connectivity index (χ0) is 34.8. The van der Waals surface area contributed by atoms with E-state index < -0.39 is 74.4 Å². The molecule has 0 amide bonds. The molecule has 8 rings (SSSR count). The molecule has 1 spiro atoms. The van der Waals surface area contributed by atoms with Gasteiger partial charge in [0.25, 0.3) is 5.92 Å². The zero-order valence-electron chi connectivity index (χ0n) is 27.2. The minimum Gasteiger partial charge on any atom is -0.472 e. The molecule has 16 heteroatoms. The Balaban J connectivity index is 1.30. The van der Waals surface area contributed by atoms with Gasteiger partial charge in [-0.1, -0.05) is 6.92 Å². The molecule has 264 valence electrons. The minimum atomic E-state index is -5.09. The first-order chi connectivity index (χ1) is 23.1. The number of aromatic nitrogens is 3. The number of nitrogen functional groups attached to an aromatic ring is 1. The molecule has 4 fully saturated rings. The number of benzene rings is 1. The number of fused-ring (bicyclic) bond motifs is 3. The Bertz CT molecular complexity index is 1880. The SMILES string of the molecule is CC[C@@H]1CN2c3nc(OC[C@@]45CCCN4CC4(CC4(F)F)C5)nc4c(F)c(-c5cc(N)c(F)c(C)c5C(F)(F)F)nc(c34)O[C@@H](C)[C@@H]2CN1. The molecule has 5 aliphatic rings. The number of pyridine rings is 1. The first kappa shape index (κ1) is 32.5. The molecular formula is C33H36F7N7O2. The molecule has 6 heterocycles. The van der Waals surface area contributed by atoms with Crippen LogP contribution in [-0.2, 0) is 6.18 Å². The number of piperazine rings is 1. The van der Waals surface area contributed by atoms with Crippen LogP contribution in [0.1, 0.15) is 57.1 Å². The number of nitrogens with zero attached hydrogens (tertiary/aromatic N) is 5. The maximum Gasteiger partial charge on any atom is 0.417 e. The van der Waals surface area contributed by atoms with E-state index in [1.807, 2.05) is 16.7 Å². The second kappa shape index (κ2) is 10.7. The fraction of sp³-hybridized carbons (Fsp3) is 0.606. The number of halogens is 7. The van der Waals surface area contributed by atoms with Crippen LogP contribution in [-0.4, -0.2) is 82.3 Å². The quantitative estimate of drug-likeness (QED) is 0.251. The summed E-state index contributed by atoms with van der Waals surface area (Å²) >= 11 is 0. The molecular weight excluding hydrogens is 659 g/mol. The smallest absolute Gasteiger partial charge is 0.417 e. The van der Waals surface area contributed by atoms with Gasteiger partial charge in [-0.3, -0.25) is 4.90 Å². The van der Waals surface area contributed by atoms with E-state index in [9.17, 15) is 26.3 Å². The average Bonchev–Trinajstić information content (AvgIpc) is 3.25. The van der Waals surface area contributed by atoms with Crippen LogP contribution < -0.4 is 25.4 Å². The van der Waals surface area contributed by atoms with Crippen molar-refractivity contribution in [1.29, 1.82) is 0 Å². The highest BCUT2D eigenvalue weighted by Gasteiger charge is 2.77. The molecule has 1 unspecified atom stereocenters. The van der Waals surface area contributed by atoms with Gasteiger partial charge >= 0.3 is 12.2 Å². The number of nitrogens with one attached hydrogen (secondary N) is 1. The maximum absolute atomic E-state index is 16.8. The lowest BCUT2D eigenvalue weighted by molar-refractivity contribution is -0.137. The van der Waals surface area contributed by atoms with Crippen LogP contribution in [0, 0.1) is 24.0 Å². The molecule has 1 aliphatic carbocycles. The Labute approximate surface area is 277 Å². The Morgan fingerprint density at radius 3 is 2.59 bits per heavy atom. The van der Waals surface area contributed by atoms with Crippen molar-refractivity contribution in [2.45, 2.75) is 88.7 Å². The van der Waals surface area contributed by atoms with Gasteiger partial charge in [-0.15, -0.1) is 0 Å². The number of alkyl halides is 5. The zero-order valence-corrected chi connectivity index (χ0v) is 27.2. The van der Waals surface area contributed by atoms with E-state index in [1.54, 1.807) is 6.92 Å². The number of rotatable bonds is 5. The fourth-order valence-electron chi connectivity index (χ4n) is 8.69. The Hall–Kier alpha value is -3.66. The third-order valence-corrected chi connectivity index (χ3v) is 11.4. The highest BCUT2D eigenvalue weighted by atomic mass is 19.4. The van der Waals surface area contributed by atoms with Crippen LogP contribution >= 0.6 is 0 Å². The summed E-state index contributed by atoms with van der Waals surface area (Å²) in [5, 5.41) is 3.52. The standard InChI is InChI=1S/C33H36F7N7O2/c1-4-17-10-47-20(9-42-17)16(3)49-28-21-26(24(35)25(43-28)18-8-19(41)23(34)15(2)22(18)33(38,39)40)44-29(45-27(21)47)48-14-31-6-5-7-46(31)13-30(11-31)12-32(30,36)37/h8,16-17,20,42H,4-7,9-14,41H2,1-3H3/t16-,17+,20-,30?,31-/m0/s1. The van der Waals surface area contributed by atoms with Crippen LogP contribution in [0.5, 0.6) is 11.9 Å². The van der Waals surface area contributed by atoms with Crippen LogP contribution in [0.2, 0.25) is 0 Å². The van der Waals surface area contributed by atoms with Crippen molar-refractivity contribution < 1.29 is 40.2 Å². The molecule has 3 aromatic rings. The Morgan fingerprint density at radius 2 is 1.90 bits per heavy atom. The Morgan fingerprint density at radius 1 is 1.14 bits per heavy atom. The van der Waals surface area contributed by atoms with Gasteiger partial charge < -0.3 is 25.4 Å². The lowest BCUT2D eigenvalue weighted by Crippen LogP contribution is -2.60. The summed E-state index contributed by atoms with van der Waals surface area (Å²) in [4.78, 5) is 17.4. The number of ether oxygens (including phenoxy) is 2. The van der Waals surface area contributed by atoms with Crippen molar-refractivity contribution in [3.8, 4) is 23.1 Å². The molecule has 3 N–H and O–H groups in total. The van der Waals surface area contributed by atoms with Crippen LogP contribution in [0.4, 0.5) is 42.2 Å². The third kappa shape index (κ3) is 4.83. The maximum atomic E-state index is 16.8. The molecule has 0 radical (unpaired) electrons. The first-order valence-corrected chi connectivity index (χ1v) is 16.6.